The number of amides is 1. The van der Waals surface area contributed by atoms with Gasteiger partial charge in [0.15, 0.2) is 29.0 Å². The van der Waals surface area contributed by atoms with E-state index in [0.29, 0.717) is 0 Å². The molecule has 1 aliphatic rings. The quantitative estimate of drug-likeness (QED) is 0.323. The third kappa shape index (κ3) is 6.99. The van der Waals surface area contributed by atoms with E-state index in [1.54, 1.807) is 41.5 Å². The maximum Gasteiger partial charge on any atom is 0.435 e. The van der Waals surface area contributed by atoms with Crippen LogP contribution in [0.3, 0.4) is 0 Å². The Kier molecular flexibility index (Phi) is 8.47. The summed E-state index contributed by atoms with van der Waals surface area (Å²) in [5, 5.41) is 13.4. The van der Waals surface area contributed by atoms with Crippen molar-refractivity contribution < 1.29 is 32.6 Å². The first-order valence-electron chi connectivity index (χ1n) is 13.4. The molecule has 0 unspecified atom stereocenters. The lowest BCUT2D eigenvalue weighted by Gasteiger charge is -2.25. The molecule has 2 heterocycles. The lowest BCUT2D eigenvalue weighted by atomic mass is 10.1. The Hall–Kier alpha value is -4.60. The number of ether oxygens (including phenoxy) is 3. The predicted molar refractivity (Wildman–Crippen MR) is 147 cm³/mol. The minimum Gasteiger partial charge on any atom is -0.490 e. The van der Waals surface area contributed by atoms with Gasteiger partial charge in [0.2, 0.25) is 0 Å². The number of hydrogen-bond donors (Lipinski definition) is 0. The molecular formula is C29H32F2N6O5. The van der Waals surface area contributed by atoms with E-state index in [-0.39, 0.29) is 40.4 Å². The van der Waals surface area contributed by atoms with Gasteiger partial charge in [-0.2, -0.15) is 9.94 Å². The number of hydrogen-bond acceptors (Lipinski definition) is 9. The number of halogens is 2. The number of benzene rings is 1. The summed E-state index contributed by atoms with van der Waals surface area (Å²) in [6.45, 7) is 9.83. The molecule has 1 aromatic carbocycles. The molecule has 11 nitrogen and oxygen atoms in total. The van der Waals surface area contributed by atoms with E-state index in [2.05, 4.69) is 15.1 Å². The minimum absolute atomic E-state index is 0.000888. The zero-order valence-electron chi connectivity index (χ0n) is 24.3. The van der Waals surface area contributed by atoms with Gasteiger partial charge in [-0.05, 0) is 79.4 Å². The van der Waals surface area contributed by atoms with Crippen molar-refractivity contribution in [3.8, 4) is 23.1 Å². The molecule has 0 spiro atoms. The van der Waals surface area contributed by atoms with Crippen LogP contribution in [0.1, 0.15) is 72.9 Å². The zero-order chi connectivity index (χ0) is 30.8. The van der Waals surface area contributed by atoms with Gasteiger partial charge in [-0.1, -0.05) is 0 Å². The molecule has 3 aromatic rings. The van der Waals surface area contributed by atoms with Crippen molar-refractivity contribution >= 4 is 23.8 Å². The summed E-state index contributed by atoms with van der Waals surface area (Å²) in [6.07, 6.45) is 3.42. The fourth-order valence-electron chi connectivity index (χ4n) is 4.26. The number of anilines is 2. The van der Waals surface area contributed by atoms with Crippen molar-refractivity contribution in [3.05, 3.63) is 47.9 Å². The smallest absolute Gasteiger partial charge is 0.435 e. The Labute approximate surface area is 242 Å². The van der Waals surface area contributed by atoms with Crippen LogP contribution in [0.15, 0.2) is 30.6 Å². The molecule has 1 saturated carbocycles. The lowest BCUT2D eigenvalue weighted by molar-refractivity contribution is 0.0512. The van der Waals surface area contributed by atoms with Gasteiger partial charge in [-0.15, -0.1) is 5.10 Å². The summed E-state index contributed by atoms with van der Waals surface area (Å²) in [7, 11) is 0. The van der Waals surface area contributed by atoms with Crippen LogP contribution in [0.25, 0.3) is 11.3 Å². The van der Waals surface area contributed by atoms with Gasteiger partial charge < -0.3 is 14.2 Å². The number of carbonyl (C=O) groups excluding carboxylic acids is 2. The highest BCUT2D eigenvalue weighted by molar-refractivity contribution is 5.95. The van der Waals surface area contributed by atoms with Gasteiger partial charge in [0, 0.05) is 6.07 Å². The van der Waals surface area contributed by atoms with Crippen molar-refractivity contribution in [3.63, 3.8) is 0 Å². The van der Waals surface area contributed by atoms with Crippen LogP contribution >= 0.6 is 0 Å². The van der Waals surface area contributed by atoms with Crippen LogP contribution in [0.4, 0.5) is 30.0 Å². The third-order valence-corrected chi connectivity index (χ3v) is 5.96. The van der Waals surface area contributed by atoms with Gasteiger partial charge in [-0.3, -0.25) is 0 Å². The van der Waals surface area contributed by atoms with E-state index >= 15 is 4.39 Å². The number of nitrogens with zero attached hydrogens (tertiary/aromatic N) is 6. The Morgan fingerprint density at radius 1 is 1.00 bits per heavy atom. The van der Waals surface area contributed by atoms with Gasteiger partial charge >= 0.3 is 12.2 Å². The molecule has 1 aliphatic carbocycles. The Balaban J connectivity index is 1.94. The first kappa shape index (κ1) is 30.4. The first-order chi connectivity index (χ1) is 19.7. The van der Waals surface area contributed by atoms with Gasteiger partial charge in [0.25, 0.3) is 0 Å². The van der Waals surface area contributed by atoms with Crippen LogP contribution < -0.4 is 9.64 Å². The lowest BCUT2D eigenvalue weighted by Crippen LogP contribution is -2.35. The molecule has 0 saturated heterocycles. The normalized spacial score (nSPS) is 13.9. The molecular weight excluding hydrogens is 550 g/mol. The molecule has 13 heteroatoms. The Morgan fingerprint density at radius 2 is 1.67 bits per heavy atom. The topological polar surface area (TPSA) is 132 Å². The third-order valence-electron chi connectivity index (χ3n) is 5.96. The van der Waals surface area contributed by atoms with Crippen molar-refractivity contribution in [2.75, 3.05) is 4.90 Å². The molecule has 1 amide bonds. The van der Waals surface area contributed by atoms with Crippen molar-refractivity contribution in [2.24, 2.45) is 0 Å². The van der Waals surface area contributed by atoms with E-state index < -0.39 is 35.0 Å². The van der Waals surface area contributed by atoms with Crippen LogP contribution in [-0.4, -0.2) is 49.2 Å². The second kappa shape index (κ2) is 11.7. The molecule has 0 radical (unpaired) electrons. The van der Waals surface area contributed by atoms with Gasteiger partial charge in [-0.25, -0.2) is 33.2 Å². The van der Waals surface area contributed by atoms with Gasteiger partial charge in [0.1, 0.15) is 23.0 Å². The molecule has 4 rings (SSSR count). The van der Waals surface area contributed by atoms with Gasteiger partial charge in [0.05, 0.1) is 29.8 Å². The molecule has 42 heavy (non-hydrogen) atoms. The van der Waals surface area contributed by atoms with Crippen LogP contribution in [0.2, 0.25) is 0 Å². The van der Waals surface area contributed by atoms with Crippen molar-refractivity contribution in [1.82, 2.24) is 19.7 Å². The molecule has 0 N–H and O–H groups in total. The standard InChI is InChI=1S/C29H32F2N6O5/c1-28(2,3)41-26(38)36(23-16-33-17(14-32)15-34-23)22-13-20(37(35-22)27(39)42-29(4,5)6)24-21(12-11-19(30)25(24)31)40-18-9-7-8-10-18/h11-13,15-16,18H,7-10H2,1-6H3. The molecule has 0 bridgehead atoms. The number of carbonyl (C=O) groups is 2. The Bertz CT molecular complexity index is 1510. The zero-order valence-corrected chi connectivity index (χ0v) is 24.3. The second-order valence-corrected chi connectivity index (χ2v) is 11.7. The largest absolute Gasteiger partial charge is 0.490 e. The fraction of sp³-hybridized carbons (Fsp3) is 0.448. The fourth-order valence-corrected chi connectivity index (χ4v) is 4.26. The van der Waals surface area contributed by atoms with Crippen LogP contribution in [-0.2, 0) is 9.47 Å². The summed E-state index contributed by atoms with van der Waals surface area (Å²) < 4.78 is 48.1. The molecule has 0 aliphatic heterocycles. The second-order valence-electron chi connectivity index (χ2n) is 11.7. The van der Waals surface area contributed by atoms with E-state index in [1.807, 2.05) is 6.07 Å². The highest BCUT2D eigenvalue weighted by Gasteiger charge is 2.33. The monoisotopic (exact) mass is 582 g/mol. The average molecular weight is 583 g/mol. The molecule has 0 atom stereocenters. The van der Waals surface area contributed by atoms with E-state index in [1.165, 1.54) is 12.1 Å². The summed E-state index contributed by atoms with van der Waals surface area (Å²) >= 11 is 0. The summed E-state index contributed by atoms with van der Waals surface area (Å²) in [5.41, 5.74) is -2.56. The highest BCUT2D eigenvalue weighted by Crippen LogP contribution is 2.39. The van der Waals surface area contributed by atoms with Crippen LogP contribution in [0.5, 0.6) is 5.75 Å². The number of rotatable bonds is 5. The molecule has 222 valence electrons. The summed E-state index contributed by atoms with van der Waals surface area (Å²) in [6, 6.07) is 5.27. The van der Waals surface area contributed by atoms with Crippen LogP contribution in [0, 0.1) is 23.0 Å². The minimum atomic E-state index is -1.27. The average Bonchev–Trinajstić information content (AvgIpc) is 3.55. The molecule has 1 fully saturated rings. The maximum atomic E-state index is 15.6. The Morgan fingerprint density at radius 3 is 2.24 bits per heavy atom. The molecule has 2 aromatic heterocycles. The summed E-state index contributed by atoms with van der Waals surface area (Å²) in [4.78, 5) is 35.8. The van der Waals surface area contributed by atoms with E-state index in [9.17, 15) is 14.0 Å². The maximum absolute atomic E-state index is 15.6. The van der Waals surface area contributed by atoms with Crippen molar-refractivity contribution in [1.29, 1.82) is 5.26 Å². The first-order valence-corrected chi connectivity index (χ1v) is 13.4. The van der Waals surface area contributed by atoms with Crippen molar-refractivity contribution in [2.45, 2.75) is 84.5 Å². The number of aromatic nitrogens is 4. The SMILES string of the molecule is CC(C)(C)OC(=O)N(c1cnc(C#N)cn1)c1cc(-c2c(OC3CCCC3)ccc(F)c2F)n(C(=O)OC(C)(C)C)n1. The summed E-state index contributed by atoms with van der Waals surface area (Å²) in [5.74, 6) is -2.79. The predicted octanol–water partition coefficient (Wildman–Crippen LogP) is 6.67. The highest BCUT2D eigenvalue weighted by atomic mass is 19.2. The van der Waals surface area contributed by atoms with E-state index in [4.69, 9.17) is 19.5 Å². The van der Waals surface area contributed by atoms with E-state index in [0.717, 1.165) is 53.7 Å². The number of nitriles is 1.